The van der Waals surface area contributed by atoms with Crippen molar-refractivity contribution in [3.05, 3.63) is 23.0 Å². The van der Waals surface area contributed by atoms with Gasteiger partial charge < -0.3 is 16.6 Å². The van der Waals surface area contributed by atoms with Gasteiger partial charge in [0.05, 0.1) is 17.3 Å². The number of aliphatic hydroxyl groups is 1. The summed E-state index contributed by atoms with van der Waals surface area (Å²) in [6.45, 7) is 1.71. The Labute approximate surface area is 128 Å². The summed E-state index contributed by atoms with van der Waals surface area (Å²) < 4.78 is 0. The first kappa shape index (κ1) is 17.6. The van der Waals surface area contributed by atoms with E-state index in [9.17, 15) is 14.7 Å². The quantitative estimate of drug-likeness (QED) is 0.587. The third-order valence-corrected chi connectivity index (χ3v) is 4.08. The number of carbonyl (C=O) groups is 2. The highest BCUT2D eigenvalue weighted by molar-refractivity contribution is 7.07. The number of hydrogen-bond acceptors (Lipinski definition) is 5. The molecule has 0 saturated carbocycles. The number of aliphatic hydroxyl groups excluding tert-OH is 1. The molecule has 1 radical (unpaired) electrons. The van der Waals surface area contributed by atoms with Crippen molar-refractivity contribution in [2.75, 3.05) is 0 Å². The Hall–Kier alpha value is -1.47. The second kappa shape index (κ2) is 8.74. The zero-order valence-corrected chi connectivity index (χ0v) is 12.9. The predicted octanol–water partition coefficient (Wildman–Crippen LogP) is 0.644. The topological polar surface area (TPSA) is 119 Å². The normalized spacial score (nSPS) is 15.3. The summed E-state index contributed by atoms with van der Waals surface area (Å²) in [7, 11) is 0. The molecule has 7 heteroatoms. The van der Waals surface area contributed by atoms with Gasteiger partial charge in [-0.05, 0) is 32.1 Å². The lowest BCUT2D eigenvalue weighted by molar-refractivity contribution is -0.124. The number of nitrogens with zero attached hydrogens (tertiary/aromatic N) is 1. The molecule has 1 aromatic rings. The molecule has 0 spiro atoms. The highest BCUT2D eigenvalue weighted by atomic mass is 32.1. The van der Waals surface area contributed by atoms with Crippen molar-refractivity contribution in [3.63, 3.8) is 0 Å². The van der Waals surface area contributed by atoms with Gasteiger partial charge in [0, 0.05) is 17.2 Å². The molecular formula is C14H22N3O3S. The van der Waals surface area contributed by atoms with Crippen LogP contribution in [0.15, 0.2) is 10.9 Å². The van der Waals surface area contributed by atoms with Gasteiger partial charge in [0.2, 0.25) is 11.8 Å². The summed E-state index contributed by atoms with van der Waals surface area (Å²) in [5.74, 6) is -1.63. The minimum absolute atomic E-state index is 0.255. The van der Waals surface area contributed by atoms with Crippen molar-refractivity contribution in [2.45, 2.75) is 38.7 Å². The Balaban J connectivity index is 2.38. The molecule has 3 atom stereocenters. The number of amides is 2. The minimum Gasteiger partial charge on any atom is -0.393 e. The second-order valence-corrected chi connectivity index (χ2v) is 5.92. The third kappa shape index (κ3) is 6.68. The molecule has 21 heavy (non-hydrogen) atoms. The fourth-order valence-electron chi connectivity index (χ4n) is 1.95. The van der Waals surface area contributed by atoms with Crippen LogP contribution >= 0.6 is 11.3 Å². The summed E-state index contributed by atoms with van der Waals surface area (Å²) in [5.41, 5.74) is 13.1. The Morgan fingerprint density at radius 2 is 2.10 bits per heavy atom. The van der Waals surface area contributed by atoms with E-state index in [2.05, 4.69) is 4.98 Å². The lowest BCUT2D eigenvalue weighted by Gasteiger charge is -2.18. The summed E-state index contributed by atoms with van der Waals surface area (Å²) in [5, 5.41) is 11.9. The van der Waals surface area contributed by atoms with E-state index in [1.54, 1.807) is 18.9 Å². The van der Waals surface area contributed by atoms with Crippen LogP contribution in [0.1, 0.15) is 31.9 Å². The van der Waals surface area contributed by atoms with Crippen LogP contribution in [0.25, 0.3) is 0 Å². The van der Waals surface area contributed by atoms with Gasteiger partial charge in [-0.2, -0.15) is 0 Å². The van der Waals surface area contributed by atoms with Gasteiger partial charge in [-0.15, -0.1) is 11.3 Å². The van der Waals surface area contributed by atoms with E-state index in [1.165, 1.54) is 11.3 Å². The second-order valence-electron chi connectivity index (χ2n) is 5.20. The molecule has 0 bridgehead atoms. The van der Waals surface area contributed by atoms with Gasteiger partial charge in [0.1, 0.15) is 0 Å². The van der Waals surface area contributed by atoms with Crippen molar-refractivity contribution in [1.29, 1.82) is 0 Å². The molecule has 1 aromatic heterocycles. The predicted molar refractivity (Wildman–Crippen MR) is 81.0 cm³/mol. The Morgan fingerprint density at radius 3 is 2.62 bits per heavy atom. The molecular weight excluding hydrogens is 290 g/mol. The molecule has 6 nitrogen and oxygen atoms in total. The van der Waals surface area contributed by atoms with Gasteiger partial charge in [-0.25, -0.2) is 4.98 Å². The lowest BCUT2D eigenvalue weighted by Crippen LogP contribution is -2.29. The van der Waals surface area contributed by atoms with Gasteiger partial charge in [0.15, 0.2) is 0 Å². The van der Waals surface area contributed by atoms with Crippen LogP contribution in [0.3, 0.4) is 0 Å². The molecule has 0 aromatic carbocycles. The van der Waals surface area contributed by atoms with Crippen LogP contribution in [0.4, 0.5) is 0 Å². The number of carbonyl (C=O) groups excluding carboxylic acids is 2. The van der Waals surface area contributed by atoms with E-state index in [1.807, 2.05) is 5.38 Å². The zero-order chi connectivity index (χ0) is 15.8. The van der Waals surface area contributed by atoms with Crippen molar-refractivity contribution in [3.8, 4) is 0 Å². The van der Waals surface area contributed by atoms with Crippen molar-refractivity contribution in [2.24, 2.45) is 23.3 Å². The standard InChI is InChI=1S/C14H22N3O3S/c1-9(13(15)19)2-3-10(14(16)20)6-12(18)5-4-11-7-21-8-17-11/h5,7-10,12,18H,2-4,6H2,1H3,(H2,15,19)(H2,16,20)/t9?,10-,12+/m1/s1. The third-order valence-electron chi connectivity index (χ3n) is 3.44. The lowest BCUT2D eigenvalue weighted by atomic mass is 9.90. The molecule has 117 valence electrons. The fraction of sp³-hybridized carbons (Fsp3) is 0.571. The number of aromatic nitrogens is 1. The van der Waals surface area contributed by atoms with Crippen LogP contribution < -0.4 is 11.5 Å². The van der Waals surface area contributed by atoms with E-state index in [0.29, 0.717) is 19.3 Å². The Morgan fingerprint density at radius 1 is 1.38 bits per heavy atom. The molecule has 0 aliphatic heterocycles. The van der Waals surface area contributed by atoms with E-state index >= 15 is 0 Å². The van der Waals surface area contributed by atoms with Crippen molar-refractivity contribution < 1.29 is 14.7 Å². The number of hydrogen-bond donors (Lipinski definition) is 3. The van der Waals surface area contributed by atoms with Gasteiger partial charge >= 0.3 is 0 Å². The Kier molecular flexibility index (Phi) is 7.31. The summed E-state index contributed by atoms with van der Waals surface area (Å²) in [6.07, 6.45) is 2.72. The van der Waals surface area contributed by atoms with Gasteiger partial charge in [-0.1, -0.05) is 6.92 Å². The maximum Gasteiger partial charge on any atom is 0.220 e. The number of primary amides is 2. The van der Waals surface area contributed by atoms with E-state index in [0.717, 1.165) is 5.69 Å². The van der Waals surface area contributed by atoms with Crippen LogP contribution in [-0.4, -0.2) is 28.0 Å². The molecule has 0 fully saturated rings. The average molecular weight is 312 g/mol. The van der Waals surface area contributed by atoms with E-state index < -0.39 is 23.8 Å². The SMILES string of the molecule is CC(CC[C@H](C[C@@H](O)[CH]Cc1cscn1)C(N)=O)C(N)=O. The zero-order valence-electron chi connectivity index (χ0n) is 12.1. The van der Waals surface area contributed by atoms with Crippen LogP contribution in [0, 0.1) is 18.3 Å². The van der Waals surface area contributed by atoms with Gasteiger partial charge in [-0.3, -0.25) is 9.59 Å². The summed E-state index contributed by atoms with van der Waals surface area (Å²) >= 11 is 1.49. The molecule has 1 unspecified atom stereocenters. The highest BCUT2D eigenvalue weighted by Crippen LogP contribution is 2.19. The fourth-order valence-corrected chi connectivity index (χ4v) is 2.52. The molecule has 2 amide bonds. The summed E-state index contributed by atoms with van der Waals surface area (Å²) in [4.78, 5) is 26.5. The highest BCUT2D eigenvalue weighted by Gasteiger charge is 2.22. The monoisotopic (exact) mass is 312 g/mol. The first-order chi connectivity index (χ1) is 9.90. The van der Waals surface area contributed by atoms with Crippen molar-refractivity contribution >= 4 is 23.2 Å². The first-order valence-electron chi connectivity index (χ1n) is 6.87. The van der Waals surface area contributed by atoms with E-state index in [-0.39, 0.29) is 12.3 Å². The van der Waals surface area contributed by atoms with E-state index in [4.69, 9.17) is 11.5 Å². The van der Waals surface area contributed by atoms with Crippen molar-refractivity contribution in [1.82, 2.24) is 4.98 Å². The Bertz CT molecular complexity index is 450. The smallest absolute Gasteiger partial charge is 0.220 e. The molecule has 0 aliphatic rings. The van der Waals surface area contributed by atoms with Crippen LogP contribution in [0.2, 0.25) is 0 Å². The first-order valence-corrected chi connectivity index (χ1v) is 7.81. The number of thiazole rings is 1. The number of rotatable bonds is 10. The average Bonchev–Trinajstić information content (AvgIpc) is 2.93. The number of nitrogens with two attached hydrogens (primary N) is 2. The maximum absolute atomic E-state index is 11.4. The molecule has 0 saturated heterocycles. The van der Waals surface area contributed by atoms with Crippen LogP contribution in [-0.2, 0) is 16.0 Å². The molecule has 0 aliphatic carbocycles. The maximum atomic E-state index is 11.4. The molecule has 5 N–H and O–H groups in total. The summed E-state index contributed by atoms with van der Waals surface area (Å²) in [6, 6.07) is 0. The van der Waals surface area contributed by atoms with Crippen LogP contribution in [0.5, 0.6) is 0 Å². The minimum atomic E-state index is -0.729. The molecule has 1 rings (SSSR count). The molecule has 1 heterocycles. The largest absolute Gasteiger partial charge is 0.393 e. The van der Waals surface area contributed by atoms with Gasteiger partial charge in [0.25, 0.3) is 0 Å².